The molecule has 0 saturated carbocycles. The minimum absolute atomic E-state index is 0.0599. The van der Waals surface area contributed by atoms with E-state index in [1.54, 1.807) is 72.8 Å². The van der Waals surface area contributed by atoms with Gasteiger partial charge in [-0.3, -0.25) is 4.79 Å². The Labute approximate surface area is 169 Å². The highest BCUT2D eigenvalue weighted by Gasteiger charge is 2.10. The first kappa shape index (κ1) is 18.3. The van der Waals surface area contributed by atoms with Crippen LogP contribution in [0, 0.1) is 0 Å². The van der Waals surface area contributed by atoms with Crippen LogP contribution < -0.4 is 15.2 Å². The second kappa shape index (κ2) is 8.31. The SMILES string of the molecule is Nc1ccc(Oc2ccc(C(=O)c3ccc(Oc4ccccc4)cc3)cc2)cc1. The van der Waals surface area contributed by atoms with Gasteiger partial charge in [0.1, 0.15) is 23.0 Å². The highest BCUT2D eigenvalue weighted by atomic mass is 16.5. The van der Waals surface area contributed by atoms with Gasteiger partial charge >= 0.3 is 0 Å². The Hall–Kier alpha value is -4.05. The van der Waals surface area contributed by atoms with E-state index >= 15 is 0 Å². The highest BCUT2D eigenvalue weighted by molar-refractivity contribution is 6.09. The van der Waals surface area contributed by atoms with Crippen LogP contribution in [0.15, 0.2) is 103 Å². The van der Waals surface area contributed by atoms with E-state index in [1.165, 1.54) is 0 Å². The van der Waals surface area contributed by atoms with Crippen LogP contribution in [0.25, 0.3) is 0 Å². The van der Waals surface area contributed by atoms with E-state index in [4.69, 9.17) is 15.2 Å². The average Bonchev–Trinajstić information content (AvgIpc) is 2.77. The lowest BCUT2D eigenvalue weighted by Gasteiger charge is -2.08. The fourth-order valence-corrected chi connectivity index (χ4v) is 2.81. The first-order chi connectivity index (χ1) is 14.2. The molecule has 0 aromatic heterocycles. The molecule has 4 rings (SSSR count). The van der Waals surface area contributed by atoms with Crippen LogP contribution in [0.5, 0.6) is 23.0 Å². The first-order valence-corrected chi connectivity index (χ1v) is 9.18. The zero-order valence-electron chi connectivity index (χ0n) is 15.6. The molecule has 0 amide bonds. The lowest BCUT2D eigenvalue weighted by Crippen LogP contribution is -2.01. The summed E-state index contributed by atoms with van der Waals surface area (Å²) >= 11 is 0. The molecule has 0 bridgehead atoms. The Kier molecular flexibility index (Phi) is 5.25. The van der Waals surface area contributed by atoms with E-state index in [9.17, 15) is 4.79 Å². The normalized spacial score (nSPS) is 10.3. The van der Waals surface area contributed by atoms with Crippen molar-refractivity contribution in [3.05, 3.63) is 114 Å². The van der Waals surface area contributed by atoms with E-state index in [1.807, 2.05) is 30.3 Å². The van der Waals surface area contributed by atoms with Crippen molar-refractivity contribution in [3.63, 3.8) is 0 Å². The van der Waals surface area contributed by atoms with Gasteiger partial charge in [-0.2, -0.15) is 0 Å². The van der Waals surface area contributed by atoms with Crippen LogP contribution in [0.4, 0.5) is 5.69 Å². The van der Waals surface area contributed by atoms with E-state index in [2.05, 4.69) is 0 Å². The predicted molar refractivity (Wildman–Crippen MR) is 114 cm³/mol. The number of carbonyl (C=O) groups excluding carboxylic acids is 1. The molecule has 142 valence electrons. The fourth-order valence-electron chi connectivity index (χ4n) is 2.81. The third-order valence-electron chi connectivity index (χ3n) is 4.33. The monoisotopic (exact) mass is 381 g/mol. The third-order valence-corrected chi connectivity index (χ3v) is 4.33. The Morgan fingerprint density at radius 1 is 0.517 bits per heavy atom. The van der Waals surface area contributed by atoms with E-state index in [-0.39, 0.29) is 5.78 Å². The number of ketones is 1. The Morgan fingerprint density at radius 2 is 0.897 bits per heavy atom. The van der Waals surface area contributed by atoms with E-state index in [0.717, 1.165) is 5.75 Å². The maximum absolute atomic E-state index is 12.7. The zero-order chi connectivity index (χ0) is 20.1. The van der Waals surface area contributed by atoms with Gasteiger partial charge in [0.25, 0.3) is 0 Å². The molecule has 4 aromatic rings. The van der Waals surface area contributed by atoms with E-state index < -0.39 is 0 Å². The summed E-state index contributed by atoms with van der Waals surface area (Å²) in [5, 5.41) is 0. The number of nitrogen functional groups attached to an aromatic ring is 1. The highest BCUT2D eigenvalue weighted by Crippen LogP contribution is 2.25. The maximum atomic E-state index is 12.7. The summed E-state index contributed by atoms with van der Waals surface area (Å²) in [5.74, 6) is 2.71. The second-order valence-electron chi connectivity index (χ2n) is 6.46. The molecule has 0 fully saturated rings. The third kappa shape index (κ3) is 4.62. The topological polar surface area (TPSA) is 61.5 Å². The zero-order valence-corrected chi connectivity index (χ0v) is 15.6. The summed E-state index contributed by atoms with van der Waals surface area (Å²) in [5.41, 5.74) is 7.54. The van der Waals surface area contributed by atoms with Gasteiger partial charge < -0.3 is 15.2 Å². The fraction of sp³-hybridized carbons (Fsp3) is 0. The number of hydrogen-bond donors (Lipinski definition) is 1. The van der Waals surface area contributed by atoms with Crippen molar-refractivity contribution in [2.45, 2.75) is 0 Å². The number of para-hydroxylation sites is 1. The minimum Gasteiger partial charge on any atom is -0.457 e. The van der Waals surface area contributed by atoms with Crippen molar-refractivity contribution >= 4 is 11.5 Å². The van der Waals surface area contributed by atoms with E-state index in [0.29, 0.717) is 34.1 Å². The summed E-state index contributed by atoms with van der Waals surface area (Å²) in [6.07, 6.45) is 0. The van der Waals surface area contributed by atoms with Crippen molar-refractivity contribution in [1.29, 1.82) is 0 Å². The van der Waals surface area contributed by atoms with Gasteiger partial charge in [-0.25, -0.2) is 0 Å². The molecule has 29 heavy (non-hydrogen) atoms. The molecule has 0 unspecified atom stereocenters. The molecule has 4 aromatic carbocycles. The lowest BCUT2D eigenvalue weighted by molar-refractivity contribution is 0.103. The largest absolute Gasteiger partial charge is 0.457 e. The summed E-state index contributed by atoms with van der Waals surface area (Å²) in [6.45, 7) is 0. The average molecular weight is 381 g/mol. The standard InChI is InChI=1S/C25H19NO3/c26-20-10-16-24(17-11-20)29-23-14-8-19(9-15-23)25(27)18-6-12-22(13-7-18)28-21-4-2-1-3-5-21/h1-17H,26H2. The van der Waals surface area contributed by atoms with Gasteiger partial charge in [-0.1, -0.05) is 18.2 Å². The Bertz CT molecular complexity index is 1090. The number of benzene rings is 4. The van der Waals surface area contributed by atoms with Gasteiger partial charge in [0.2, 0.25) is 0 Å². The first-order valence-electron chi connectivity index (χ1n) is 9.18. The molecule has 0 radical (unpaired) electrons. The minimum atomic E-state index is -0.0599. The predicted octanol–water partition coefficient (Wildman–Crippen LogP) is 6.08. The molecular weight excluding hydrogens is 362 g/mol. The van der Waals surface area contributed by atoms with Crippen LogP contribution in [0.3, 0.4) is 0 Å². The summed E-state index contributed by atoms with van der Waals surface area (Å²) < 4.78 is 11.5. The molecule has 0 aliphatic heterocycles. The van der Waals surface area contributed by atoms with Crippen molar-refractivity contribution < 1.29 is 14.3 Å². The smallest absolute Gasteiger partial charge is 0.193 e. The summed E-state index contributed by atoms with van der Waals surface area (Å²) in [4.78, 5) is 12.7. The second-order valence-corrected chi connectivity index (χ2v) is 6.46. The summed E-state index contributed by atoms with van der Waals surface area (Å²) in [6, 6.07) is 30.8. The molecule has 0 aliphatic rings. The number of hydrogen-bond acceptors (Lipinski definition) is 4. The molecule has 4 heteroatoms. The van der Waals surface area contributed by atoms with Crippen LogP contribution >= 0.6 is 0 Å². The summed E-state index contributed by atoms with van der Waals surface area (Å²) in [7, 11) is 0. The molecule has 2 N–H and O–H groups in total. The lowest BCUT2D eigenvalue weighted by atomic mass is 10.0. The van der Waals surface area contributed by atoms with Crippen molar-refractivity contribution in [2.24, 2.45) is 0 Å². The van der Waals surface area contributed by atoms with Crippen molar-refractivity contribution in [3.8, 4) is 23.0 Å². The molecule has 0 aliphatic carbocycles. The van der Waals surface area contributed by atoms with Gasteiger partial charge in [0.15, 0.2) is 5.78 Å². The number of ether oxygens (including phenoxy) is 2. The van der Waals surface area contributed by atoms with Gasteiger partial charge in [0, 0.05) is 16.8 Å². The van der Waals surface area contributed by atoms with Crippen LogP contribution in [-0.2, 0) is 0 Å². The molecule has 0 spiro atoms. The number of anilines is 1. The molecule has 0 heterocycles. The quantitative estimate of drug-likeness (QED) is 0.324. The number of nitrogens with two attached hydrogens (primary N) is 1. The Morgan fingerprint density at radius 3 is 1.34 bits per heavy atom. The van der Waals surface area contributed by atoms with Gasteiger partial charge in [-0.05, 0) is 84.9 Å². The number of carbonyl (C=O) groups is 1. The molecule has 0 saturated heterocycles. The number of rotatable bonds is 6. The van der Waals surface area contributed by atoms with Crippen LogP contribution in [0.2, 0.25) is 0 Å². The van der Waals surface area contributed by atoms with Crippen LogP contribution in [-0.4, -0.2) is 5.78 Å². The van der Waals surface area contributed by atoms with Crippen molar-refractivity contribution in [1.82, 2.24) is 0 Å². The van der Waals surface area contributed by atoms with Gasteiger partial charge in [0.05, 0.1) is 0 Å². The molecular formula is C25H19NO3. The van der Waals surface area contributed by atoms with Crippen molar-refractivity contribution in [2.75, 3.05) is 5.73 Å². The molecule has 0 atom stereocenters. The maximum Gasteiger partial charge on any atom is 0.193 e. The van der Waals surface area contributed by atoms with Crippen LogP contribution in [0.1, 0.15) is 15.9 Å². The molecule has 4 nitrogen and oxygen atoms in total. The Balaban J connectivity index is 1.43. The van der Waals surface area contributed by atoms with Gasteiger partial charge in [-0.15, -0.1) is 0 Å².